The SMILES string of the molecule is C1CC1.C=C(C)c1c(F)c(C)c(-c2cn3cc(NC=O)nc3cn2)c2cn[nH]c12. The molecule has 1 saturated carbocycles. The van der Waals surface area contributed by atoms with Crippen molar-refractivity contribution in [2.24, 2.45) is 0 Å². The van der Waals surface area contributed by atoms with Gasteiger partial charge < -0.3 is 9.72 Å². The van der Waals surface area contributed by atoms with E-state index in [2.05, 4.69) is 32.1 Å². The number of imidazole rings is 1. The monoisotopic (exact) mass is 392 g/mol. The summed E-state index contributed by atoms with van der Waals surface area (Å²) in [5, 5.41) is 10.2. The van der Waals surface area contributed by atoms with Gasteiger partial charge in [-0.1, -0.05) is 25.8 Å². The number of allylic oxidation sites excluding steroid dienone is 1. The Morgan fingerprint density at radius 2 is 2.07 bits per heavy atom. The fraction of sp³-hybridized carbons (Fsp3) is 0.238. The highest BCUT2D eigenvalue weighted by atomic mass is 19.1. The lowest BCUT2D eigenvalue weighted by Crippen LogP contribution is -1.99. The number of hydrogen-bond donors (Lipinski definition) is 2. The predicted octanol–water partition coefficient (Wildman–Crippen LogP) is 4.49. The van der Waals surface area contributed by atoms with Gasteiger partial charge in [-0.25, -0.2) is 9.37 Å². The minimum absolute atomic E-state index is 0.347. The molecule has 3 aromatic heterocycles. The maximum absolute atomic E-state index is 15.0. The van der Waals surface area contributed by atoms with Crippen LogP contribution in [0, 0.1) is 12.7 Å². The summed E-state index contributed by atoms with van der Waals surface area (Å²) in [6, 6.07) is 0. The van der Waals surface area contributed by atoms with Crippen LogP contribution in [0.1, 0.15) is 37.3 Å². The van der Waals surface area contributed by atoms with Crippen molar-refractivity contribution in [3.05, 3.63) is 48.3 Å². The molecule has 1 amide bonds. The lowest BCUT2D eigenvalue weighted by Gasteiger charge is -2.13. The zero-order valence-electron chi connectivity index (χ0n) is 16.3. The molecule has 1 aliphatic carbocycles. The molecule has 1 fully saturated rings. The molecule has 148 valence electrons. The molecule has 0 saturated heterocycles. The van der Waals surface area contributed by atoms with Crippen LogP contribution in [0.4, 0.5) is 10.2 Å². The van der Waals surface area contributed by atoms with E-state index >= 15 is 4.39 Å². The predicted molar refractivity (Wildman–Crippen MR) is 111 cm³/mol. The Hall–Kier alpha value is -3.55. The molecule has 4 aromatic rings. The van der Waals surface area contributed by atoms with Crippen molar-refractivity contribution in [1.82, 2.24) is 24.6 Å². The molecule has 8 heteroatoms. The van der Waals surface area contributed by atoms with E-state index in [9.17, 15) is 4.79 Å². The standard InChI is InChI=1S/C18H15FN6O.C3H6/c1-9(2)15-17(19)10(3)16(11-4-22-24-18(11)15)12-6-25-7-13(21-8-26)23-14(25)5-20-12;1-2-3-1/h4-8H,1H2,2-3H3,(H,21,26)(H,22,24);1-3H2. The number of amides is 1. The van der Waals surface area contributed by atoms with Gasteiger partial charge in [0.2, 0.25) is 6.41 Å². The molecule has 0 bridgehead atoms. The highest BCUT2D eigenvalue weighted by Gasteiger charge is 2.21. The molecular formula is C21H21FN6O. The average Bonchev–Trinajstić information content (AvgIpc) is 3.41. The second-order valence-electron chi connectivity index (χ2n) is 7.11. The molecule has 3 heterocycles. The van der Waals surface area contributed by atoms with Gasteiger partial charge in [0, 0.05) is 22.7 Å². The minimum Gasteiger partial charge on any atom is -0.312 e. The van der Waals surface area contributed by atoms with Crippen LogP contribution in [-0.2, 0) is 4.79 Å². The van der Waals surface area contributed by atoms with Gasteiger partial charge in [-0.15, -0.1) is 0 Å². The Morgan fingerprint density at radius 1 is 1.31 bits per heavy atom. The van der Waals surface area contributed by atoms with Crippen LogP contribution in [0.25, 0.3) is 33.4 Å². The summed E-state index contributed by atoms with van der Waals surface area (Å²) >= 11 is 0. The van der Waals surface area contributed by atoms with E-state index in [4.69, 9.17) is 0 Å². The van der Waals surface area contributed by atoms with Crippen molar-refractivity contribution in [2.75, 3.05) is 5.32 Å². The second kappa shape index (κ2) is 7.46. The maximum atomic E-state index is 15.0. The van der Waals surface area contributed by atoms with Gasteiger partial charge >= 0.3 is 0 Å². The molecule has 29 heavy (non-hydrogen) atoms. The molecular weight excluding hydrogens is 371 g/mol. The minimum atomic E-state index is -0.347. The summed E-state index contributed by atoms with van der Waals surface area (Å²) in [5.41, 5.74) is 3.90. The van der Waals surface area contributed by atoms with Crippen LogP contribution in [0.3, 0.4) is 0 Å². The quantitative estimate of drug-likeness (QED) is 0.501. The van der Waals surface area contributed by atoms with Crippen LogP contribution in [0.15, 0.2) is 31.4 Å². The first-order valence-electron chi connectivity index (χ1n) is 9.37. The van der Waals surface area contributed by atoms with Crippen LogP contribution in [-0.4, -0.2) is 31.0 Å². The smallest absolute Gasteiger partial charge is 0.212 e. The van der Waals surface area contributed by atoms with Gasteiger partial charge in [-0.3, -0.25) is 14.9 Å². The molecule has 1 aliphatic rings. The molecule has 2 N–H and O–H groups in total. The Kier molecular flexibility index (Phi) is 4.84. The van der Waals surface area contributed by atoms with Gasteiger partial charge in [0.25, 0.3) is 0 Å². The number of carbonyl (C=O) groups is 1. The molecule has 0 unspecified atom stereocenters. The Labute approximate surface area is 166 Å². The van der Waals surface area contributed by atoms with Gasteiger partial charge in [0.1, 0.15) is 5.82 Å². The van der Waals surface area contributed by atoms with Crippen LogP contribution < -0.4 is 5.32 Å². The van der Waals surface area contributed by atoms with Crippen molar-refractivity contribution >= 4 is 34.4 Å². The van der Waals surface area contributed by atoms with Gasteiger partial charge in [0.15, 0.2) is 11.5 Å². The Balaban J connectivity index is 0.000000626. The van der Waals surface area contributed by atoms with Crippen molar-refractivity contribution in [1.29, 1.82) is 0 Å². The van der Waals surface area contributed by atoms with Crippen molar-refractivity contribution < 1.29 is 9.18 Å². The van der Waals surface area contributed by atoms with E-state index in [1.165, 1.54) is 19.3 Å². The first kappa shape index (κ1) is 18.8. The normalized spacial score (nSPS) is 12.5. The summed E-state index contributed by atoms with van der Waals surface area (Å²) in [5.74, 6) is 0.0630. The molecule has 7 nitrogen and oxygen atoms in total. The summed E-state index contributed by atoms with van der Waals surface area (Å²) < 4.78 is 16.7. The molecule has 1 aromatic carbocycles. The molecule has 0 atom stereocenters. The van der Waals surface area contributed by atoms with E-state index in [1.54, 1.807) is 43.0 Å². The Bertz CT molecular complexity index is 1230. The van der Waals surface area contributed by atoms with E-state index in [1.807, 2.05) is 0 Å². The number of aromatic amines is 1. The highest BCUT2D eigenvalue weighted by Crippen LogP contribution is 2.36. The van der Waals surface area contributed by atoms with Crippen molar-refractivity contribution in [3.63, 3.8) is 0 Å². The number of nitrogens with zero attached hydrogens (tertiary/aromatic N) is 4. The molecule has 5 rings (SSSR count). The average molecular weight is 392 g/mol. The zero-order valence-corrected chi connectivity index (χ0v) is 16.3. The Morgan fingerprint density at radius 3 is 2.72 bits per heavy atom. The fourth-order valence-corrected chi connectivity index (χ4v) is 3.16. The largest absolute Gasteiger partial charge is 0.312 e. The zero-order chi connectivity index (χ0) is 20.5. The number of anilines is 1. The number of hydrogen-bond acceptors (Lipinski definition) is 4. The fourth-order valence-electron chi connectivity index (χ4n) is 3.16. The number of rotatable bonds is 4. The molecule has 0 spiro atoms. The van der Waals surface area contributed by atoms with Gasteiger partial charge in [-0.05, 0) is 25.0 Å². The number of H-pyrrole nitrogens is 1. The van der Waals surface area contributed by atoms with Crippen molar-refractivity contribution in [3.8, 4) is 11.3 Å². The van der Waals surface area contributed by atoms with Crippen LogP contribution >= 0.6 is 0 Å². The number of fused-ring (bicyclic) bond motifs is 2. The van der Waals surface area contributed by atoms with Crippen LogP contribution in [0.5, 0.6) is 0 Å². The first-order chi connectivity index (χ1) is 14.0. The second-order valence-corrected chi connectivity index (χ2v) is 7.11. The van der Waals surface area contributed by atoms with E-state index in [-0.39, 0.29) is 5.82 Å². The third-order valence-corrected chi connectivity index (χ3v) is 4.67. The number of carbonyl (C=O) groups excluding carboxylic acids is 1. The summed E-state index contributed by atoms with van der Waals surface area (Å²) in [6.45, 7) is 7.34. The third-order valence-electron chi connectivity index (χ3n) is 4.67. The lowest BCUT2D eigenvalue weighted by molar-refractivity contribution is -0.105. The van der Waals surface area contributed by atoms with Gasteiger partial charge in [0.05, 0.1) is 29.8 Å². The summed E-state index contributed by atoms with van der Waals surface area (Å²) in [4.78, 5) is 19.2. The molecule has 0 aliphatic heterocycles. The van der Waals surface area contributed by atoms with Crippen molar-refractivity contribution in [2.45, 2.75) is 33.1 Å². The number of nitrogens with one attached hydrogen (secondary N) is 2. The summed E-state index contributed by atoms with van der Waals surface area (Å²) in [6.07, 6.45) is 11.7. The van der Waals surface area contributed by atoms with E-state index < -0.39 is 0 Å². The number of benzene rings is 1. The topological polar surface area (TPSA) is 88.0 Å². The maximum Gasteiger partial charge on any atom is 0.212 e. The lowest BCUT2D eigenvalue weighted by atomic mass is 9.94. The molecule has 0 radical (unpaired) electrons. The van der Waals surface area contributed by atoms with Crippen LogP contribution in [0.2, 0.25) is 0 Å². The highest BCUT2D eigenvalue weighted by molar-refractivity contribution is 6.01. The van der Waals surface area contributed by atoms with E-state index in [0.717, 1.165) is 5.39 Å². The number of halogens is 1. The third kappa shape index (κ3) is 3.49. The van der Waals surface area contributed by atoms with Gasteiger partial charge in [-0.2, -0.15) is 5.10 Å². The summed E-state index contributed by atoms with van der Waals surface area (Å²) in [7, 11) is 0. The van der Waals surface area contributed by atoms with E-state index in [0.29, 0.717) is 51.3 Å². The number of aromatic nitrogens is 5. The first-order valence-corrected chi connectivity index (χ1v) is 9.37.